The molecule has 3 unspecified atom stereocenters. The Hall–Kier alpha value is -0.560. The maximum atomic E-state index is 11.0. The summed E-state index contributed by atoms with van der Waals surface area (Å²) in [6.07, 6.45) is 4.58. The number of carbonyl (C=O) groups excluding carboxylic acids is 1. The lowest BCUT2D eigenvalue weighted by molar-refractivity contribution is -0.112. The molecule has 16 heavy (non-hydrogen) atoms. The normalized spacial score (nSPS) is 34.3. The molecule has 0 aromatic heterocycles. The highest BCUT2D eigenvalue weighted by atomic mass is 35.5. The van der Waals surface area contributed by atoms with E-state index in [-0.39, 0.29) is 22.5 Å². The van der Waals surface area contributed by atoms with Crippen molar-refractivity contribution in [3.63, 3.8) is 0 Å². The second kappa shape index (κ2) is 4.75. The zero-order valence-corrected chi connectivity index (χ0v) is 11.3. The van der Waals surface area contributed by atoms with Crippen LogP contribution in [0.5, 0.6) is 0 Å². The van der Waals surface area contributed by atoms with Crippen molar-refractivity contribution in [2.75, 3.05) is 0 Å². The SMILES string of the molecule is C=C1C(Cl)CC(C)C(C)(C)C1/C=C/C(C)=O. The maximum Gasteiger partial charge on any atom is 0.152 e. The third-order valence-electron chi connectivity index (χ3n) is 3.96. The van der Waals surface area contributed by atoms with Crippen LogP contribution in [-0.4, -0.2) is 11.2 Å². The molecule has 1 saturated carbocycles. The molecular weight excluding hydrogens is 220 g/mol. The van der Waals surface area contributed by atoms with Crippen molar-refractivity contribution < 1.29 is 4.79 Å². The topological polar surface area (TPSA) is 17.1 Å². The highest BCUT2D eigenvalue weighted by molar-refractivity contribution is 6.22. The minimum atomic E-state index is 0.0321. The van der Waals surface area contributed by atoms with Crippen molar-refractivity contribution in [2.24, 2.45) is 17.3 Å². The second-order valence-corrected chi connectivity index (χ2v) is 5.97. The first kappa shape index (κ1) is 13.5. The molecule has 1 fully saturated rings. The van der Waals surface area contributed by atoms with E-state index in [1.807, 2.05) is 6.08 Å². The lowest BCUT2D eigenvalue weighted by Crippen LogP contribution is -2.39. The van der Waals surface area contributed by atoms with Gasteiger partial charge in [0, 0.05) is 5.92 Å². The molecule has 0 N–H and O–H groups in total. The molecule has 0 saturated heterocycles. The lowest BCUT2D eigenvalue weighted by atomic mass is 9.61. The van der Waals surface area contributed by atoms with Crippen LogP contribution >= 0.6 is 11.6 Å². The Morgan fingerprint density at radius 3 is 2.62 bits per heavy atom. The number of ketones is 1. The minimum absolute atomic E-state index is 0.0321. The molecule has 1 aliphatic rings. The standard InChI is InChI=1S/C14H21ClO/c1-9-8-13(15)11(3)12(14(9,4)5)7-6-10(2)16/h6-7,9,12-13H,3,8H2,1-2,4-5H3/b7-6+. The number of allylic oxidation sites excluding steroid dienone is 3. The summed E-state index contributed by atoms with van der Waals surface area (Å²) in [5.74, 6) is 0.803. The second-order valence-electron chi connectivity index (χ2n) is 5.45. The van der Waals surface area contributed by atoms with Crippen molar-refractivity contribution in [1.82, 2.24) is 0 Å². The van der Waals surface area contributed by atoms with Gasteiger partial charge in [0.25, 0.3) is 0 Å². The summed E-state index contributed by atoms with van der Waals surface area (Å²) in [4.78, 5) is 11.0. The van der Waals surface area contributed by atoms with E-state index in [9.17, 15) is 4.79 Å². The van der Waals surface area contributed by atoms with Crippen molar-refractivity contribution in [3.05, 3.63) is 24.3 Å². The zero-order valence-electron chi connectivity index (χ0n) is 10.6. The molecule has 0 radical (unpaired) electrons. The van der Waals surface area contributed by atoms with Crippen LogP contribution in [0.4, 0.5) is 0 Å². The predicted molar refractivity (Wildman–Crippen MR) is 69.7 cm³/mol. The molecule has 0 spiro atoms. The summed E-state index contributed by atoms with van der Waals surface area (Å²) in [6.45, 7) is 12.3. The Kier molecular flexibility index (Phi) is 4.01. The summed E-state index contributed by atoms with van der Waals surface area (Å²) in [5, 5.41) is 0.0321. The highest BCUT2D eigenvalue weighted by Gasteiger charge is 2.41. The van der Waals surface area contributed by atoms with Crippen LogP contribution in [0, 0.1) is 17.3 Å². The first-order valence-corrected chi connectivity index (χ1v) is 6.22. The minimum Gasteiger partial charge on any atom is -0.295 e. The van der Waals surface area contributed by atoms with E-state index in [0.717, 1.165) is 12.0 Å². The molecule has 0 aromatic carbocycles. The third kappa shape index (κ3) is 2.57. The van der Waals surface area contributed by atoms with Gasteiger partial charge in [-0.3, -0.25) is 4.79 Å². The van der Waals surface area contributed by atoms with Crippen LogP contribution in [0.2, 0.25) is 0 Å². The van der Waals surface area contributed by atoms with Crippen LogP contribution in [0.1, 0.15) is 34.1 Å². The molecule has 0 aliphatic heterocycles. The van der Waals surface area contributed by atoms with Crippen molar-refractivity contribution in [3.8, 4) is 0 Å². The van der Waals surface area contributed by atoms with Gasteiger partial charge in [0.1, 0.15) is 0 Å². The molecule has 0 bridgehead atoms. The molecular formula is C14H21ClO. The number of hydrogen-bond donors (Lipinski definition) is 0. The number of hydrogen-bond acceptors (Lipinski definition) is 1. The van der Waals surface area contributed by atoms with Gasteiger partial charge in [-0.05, 0) is 30.8 Å². The van der Waals surface area contributed by atoms with Gasteiger partial charge in [-0.1, -0.05) is 39.0 Å². The number of carbonyl (C=O) groups is 1. The Bertz CT molecular complexity index is 328. The van der Waals surface area contributed by atoms with Crippen molar-refractivity contribution in [1.29, 1.82) is 0 Å². The molecule has 3 atom stereocenters. The molecule has 1 nitrogen and oxygen atoms in total. The van der Waals surface area contributed by atoms with Gasteiger partial charge in [-0.15, -0.1) is 11.6 Å². The largest absolute Gasteiger partial charge is 0.295 e. The van der Waals surface area contributed by atoms with Crippen molar-refractivity contribution >= 4 is 17.4 Å². The van der Waals surface area contributed by atoms with Gasteiger partial charge in [0.05, 0.1) is 5.38 Å². The van der Waals surface area contributed by atoms with Crippen molar-refractivity contribution in [2.45, 2.75) is 39.5 Å². The fraction of sp³-hybridized carbons (Fsp3) is 0.643. The Morgan fingerprint density at radius 2 is 2.12 bits per heavy atom. The first-order chi connectivity index (χ1) is 7.26. The van der Waals surface area contributed by atoms with E-state index < -0.39 is 0 Å². The van der Waals surface area contributed by atoms with Gasteiger partial charge in [-0.25, -0.2) is 0 Å². The fourth-order valence-electron chi connectivity index (χ4n) is 2.35. The van der Waals surface area contributed by atoms with Crippen LogP contribution in [-0.2, 0) is 4.79 Å². The number of alkyl halides is 1. The lowest BCUT2D eigenvalue weighted by Gasteiger charge is -2.45. The molecule has 0 amide bonds. The smallest absolute Gasteiger partial charge is 0.152 e. The summed E-state index contributed by atoms with van der Waals surface area (Å²) >= 11 is 6.28. The average molecular weight is 241 g/mol. The molecule has 2 heteroatoms. The van der Waals surface area contributed by atoms with Gasteiger partial charge in [0.2, 0.25) is 0 Å². The summed E-state index contributed by atoms with van der Waals surface area (Å²) in [7, 11) is 0. The van der Waals surface area contributed by atoms with Crippen LogP contribution in [0.25, 0.3) is 0 Å². The average Bonchev–Trinajstić information content (AvgIpc) is 2.14. The first-order valence-electron chi connectivity index (χ1n) is 5.78. The predicted octanol–water partition coefficient (Wildman–Crippen LogP) is 3.98. The molecule has 90 valence electrons. The molecule has 1 aliphatic carbocycles. The Labute approximate surface area is 104 Å². The Morgan fingerprint density at radius 1 is 1.56 bits per heavy atom. The fourth-order valence-corrected chi connectivity index (χ4v) is 2.75. The van der Waals surface area contributed by atoms with E-state index >= 15 is 0 Å². The van der Waals surface area contributed by atoms with E-state index in [4.69, 9.17) is 11.6 Å². The van der Waals surface area contributed by atoms with E-state index in [2.05, 4.69) is 27.4 Å². The third-order valence-corrected chi connectivity index (χ3v) is 4.42. The van der Waals surface area contributed by atoms with Gasteiger partial charge in [-0.2, -0.15) is 0 Å². The monoisotopic (exact) mass is 240 g/mol. The summed E-state index contributed by atoms with van der Waals surface area (Å²) < 4.78 is 0. The molecule has 0 heterocycles. The van der Waals surface area contributed by atoms with Crippen LogP contribution in [0.15, 0.2) is 24.3 Å². The molecule has 1 rings (SSSR count). The van der Waals surface area contributed by atoms with Crippen LogP contribution < -0.4 is 0 Å². The van der Waals surface area contributed by atoms with Gasteiger partial charge >= 0.3 is 0 Å². The quantitative estimate of drug-likeness (QED) is 0.405. The molecule has 0 aromatic rings. The zero-order chi connectivity index (χ0) is 12.5. The summed E-state index contributed by atoms with van der Waals surface area (Å²) in [6, 6.07) is 0. The van der Waals surface area contributed by atoms with E-state index in [1.54, 1.807) is 13.0 Å². The maximum absolute atomic E-state index is 11.0. The number of halogens is 1. The highest BCUT2D eigenvalue weighted by Crippen LogP contribution is 2.49. The van der Waals surface area contributed by atoms with Gasteiger partial charge in [0.15, 0.2) is 5.78 Å². The van der Waals surface area contributed by atoms with E-state index in [1.165, 1.54) is 0 Å². The Balaban J connectivity index is 2.99. The van der Waals surface area contributed by atoms with Gasteiger partial charge < -0.3 is 0 Å². The number of rotatable bonds is 2. The van der Waals surface area contributed by atoms with E-state index in [0.29, 0.717) is 5.92 Å². The summed E-state index contributed by atoms with van der Waals surface area (Å²) in [5.41, 5.74) is 1.16. The van der Waals surface area contributed by atoms with Crippen LogP contribution in [0.3, 0.4) is 0 Å².